The van der Waals surface area contributed by atoms with E-state index in [1.807, 2.05) is 0 Å². The van der Waals surface area contributed by atoms with Crippen LogP contribution < -0.4 is 16.4 Å². The average molecular weight is 223 g/mol. The molecule has 13 heavy (non-hydrogen) atoms. The fourth-order valence-electron chi connectivity index (χ4n) is 0.694. The predicted octanol–water partition coefficient (Wildman–Crippen LogP) is -1.00. The molecule has 0 aliphatic carbocycles. The quantitative estimate of drug-likeness (QED) is 0.374. The molecular weight excluding hydrogens is 210 g/mol. The summed E-state index contributed by atoms with van der Waals surface area (Å²) in [6.45, 7) is 1.09. The van der Waals surface area contributed by atoms with Crippen LogP contribution in [-0.2, 0) is 4.79 Å². The highest BCUT2D eigenvalue weighted by atomic mass is 32.1. The minimum absolute atomic E-state index is 0.171. The van der Waals surface area contributed by atoms with Crippen LogP contribution in [0.2, 0.25) is 0 Å². The maximum absolute atomic E-state index is 10.8. The number of amides is 1. The number of rotatable bonds is 6. The first-order valence-electron chi connectivity index (χ1n) is 3.71. The van der Waals surface area contributed by atoms with Crippen molar-refractivity contribution in [3.63, 3.8) is 0 Å². The Morgan fingerprint density at radius 1 is 1.38 bits per heavy atom. The molecular formula is C6H13N3O2S2. The average Bonchev–Trinajstić information content (AvgIpc) is 2.03. The van der Waals surface area contributed by atoms with Gasteiger partial charge in [0.15, 0.2) is 0 Å². The van der Waals surface area contributed by atoms with E-state index < -0.39 is 11.3 Å². The summed E-state index contributed by atoms with van der Waals surface area (Å²) in [5.74, 6) is 0. The van der Waals surface area contributed by atoms with Crippen LogP contribution in [0.25, 0.3) is 0 Å². The van der Waals surface area contributed by atoms with Gasteiger partial charge in [0.2, 0.25) is 5.12 Å². The zero-order valence-electron chi connectivity index (χ0n) is 6.99. The van der Waals surface area contributed by atoms with E-state index in [0.717, 1.165) is 0 Å². The van der Waals surface area contributed by atoms with Crippen molar-refractivity contribution in [2.24, 2.45) is 5.73 Å². The molecule has 0 saturated carbocycles. The maximum atomic E-state index is 10.8. The molecule has 0 aliphatic rings. The smallest absolute Gasteiger partial charge is 0.276 e. The fraction of sp³-hybridized carbons (Fsp3) is 0.667. The van der Waals surface area contributed by atoms with Crippen LogP contribution >= 0.6 is 25.3 Å². The van der Waals surface area contributed by atoms with E-state index in [2.05, 4.69) is 35.9 Å². The number of hydrogen-bond donors (Lipinski definition) is 5. The van der Waals surface area contributed by atoms with Crippen LogP contribution in [0.3, 0.4) is 0 Å². The molecule has 4 N–H and O–H groups in total. The van der Waals surface area contributed by atoms with Crippen LogP contribution in [-0.4, -0.2) is 36.0 Å². The molecule has 7 heteroatoms. The molecule has 5 nitrogen and oxygen atoms in total. The van der Waals surface area contributed by atoms with Crippen molar-refractivity contribution < 1.29 is 9.59 Å². The molecule has 0 rings (SSSR count). The van der Waals surface area contributed by atoms with Crippen molar-refractivity contribution in [2.75, 3.05) is 19.6 Å². The van der Waals surface area contributed by atoms with Crippen LogP contribution in [0.1, 0.15) is 0 Å². The Bertz CT molecular complexity index is 189. The SMILES string of the molecule is NCCNC(CNC(=O)S)C(=O)S. The van der Waals surface area contributed by atoms with E-state index in [1.54, 1.807) is 0 Å². The normalized spacial score (nSPS) is 12.2. The first-order valence-corrected chi connectivity index (χ1v) is 4.60. The van der Waals surface area contributed by atoms with E-state index in [1.165, 1.54) is 0 Å². The van der Waals surface area contributed by atoms with Gasteiger partial charge in [0, 0.05) is 19.6 Å². The number of nitrogens with one attached hydrogen (secondary N) is 2. The molecule has 1 amide bonds. The standard InChI is InChI=1S/C6H13N3O2S2/c7-1-2-8-4(5(10)12)3-9-6(11)13/h4,8H,1-3,7H2,(H,10,12)(H2,9,11,13). The summed E-state index contributed by atoms with van der Waals surface area (Å²) in [7, 11) is 0. The first-order chi connectivity index (χ1) is 6.07. The molecule has 0 heterocycles. The number of carbonyl (C=O) groups excluding carboxylic acids is 2. The Kier molecular flexibility index (Phi) is 7.06. The van der Waals surface area contributed by atoms with Gasteiger partial charge in [0.05, 0.1) is 6.04 Å². The van der Waals surface area contributed by atoms with Crippen LogP contribution in [0.5, 0.6) is 0 Å². The Labute approximate surface area is 87.6 Å². The molecule has 0 aliphatic heterocycles. The van der Waals surface area contributed by atoms with E-state index in [9.17, 15) is 9.59 Å². The largest absolute Gasteiger partial charge is 0.345 e. The molecule has 1 atom stereocenters. The van der Waals surface area contributed by atoms with Gasteiger partial charge in [-0.3, -0.25) is 9.59 Å². The number of thiol groups is 2. The van der Waals surface area contributed by atoms with Gasteiger partial charge in [-0.15, -0.1) is 12.6 Å². The lowest BCUT2D eigenvalue weighted by molar-refractivity contribution is -0.112. The van der Waals surface area contributed by atoms with Crippen LogP contribution in [0.4, 0.5) is 4.79 Å². The van der Waals surface area contributed by atoms with E-state index >= 15 is 0 Å². The summed E-state index contributed by atoms with van der Waals surface area (Å²) >= 11 is 7.14. The summed E-state index contributed by atoms with van der Waals surface area (Å²) in [4.78, 5) is 21.3. The number of hydrogen-bond acceptors (Lipinski definition) is 4. The predicted molar refractivity (Wildman–Crippen MR) is 57.2 cm³/mol. The summed E-state index contributed by atoms with van der Waals surface area (Å²) in [6.07, 6.45) is 0. The third kappa shape index (κ3) is 6.88. The lowest BCUT2D eigenvalue weighted by atomic mass is 10.3. The van der Waals surface area contributed by atoms with E-state index in [-0.39, 0.29) is 11.7 Å². The van der Waals surface area contributed by atoms with Crippen LogP contribution in [0.15, 0.2) is 0 Å². The highest BCUT2D eigenvalue weighted by Crippen LogP contribution is 1.90. The minimum Gasteiger partial charge on any atom is -0.345 e. The molecule has 0 aromatic heterocycles. The van der Waals surface area contributed by atoms with Gasteiger partial charge in [-0.25, -0.2) is 0 Å². The third-order valence-electron chi connectivity index (χ3n) is 1.29. The third-order valence-corrected chi connectivity index (χ3v) is 1.76. The molecule has 0 radical (unpaired) electrons. The Balaban J connectivity index is 3.80. The van der Waals surface area contributed by atoms with Crippen molar-refractivity contribution in [3.05, 3.63) is 0 Å². The van der Waals surface area contributed by atoms with Crippen molar-refractivity contribution in [2.45, 2.75) is 6.04 Å². The molecule has 76 valence electrons. The minimum atomic E-state index is -0.511. The molecule has 0 bridgehead atoms. The lowest BCUT2D eigenvalue weighted by Crippen LogP contribution is -2.45. The van der Waals surface area contributed by atoms with Gasteiger partial charge in [-0.2, -0.15) is 0 Å². The maximum Gasteiger partial charge on any atom is 0.276 e. The topological polar surface area (TPSA) is 84.2 Å². The Hall–Kier alpha value is -0.240. The lowest BCUT2D eigenvalue weighted by Gasteiger charge is -2.14. The second-order valence-corrected chi connectivity index (χ2v) is 3.17. The summed E-state index contributed by atoms with van der Waals surface area (Å²) < 4.78 is 0. The van der Waals surface area contributed by atoms with Gasteiger partial charge in [0.25, 0.3) is 5.24 Å². The van der Waals surface area contributed by atoms with Crippen molar-refractivity contribution in [3.8, 4) is 0 Å². The molecule has 0 aromatic carbocycles. The number of nitrogens with two attached hydrogens (primary N) is 1. The summed E-state index contributed by atoms with van der Waals surface area (Å²) in [6, 6.07) is -0.511. The molecule has 0 aromatic rings. The van der Waals surface area contributed by atoms with Crippen molar-refractivity contribution >= 4 is 35.6 Å². The van der Waals surface area contributed by atoms with E-state index in [0.29, 0.717) is 13.1 Å². The Morgan fingerprint density at radius 2 is 2.00 bits per heavy atom. The highest BCUT2D eigenvalue weighted by molar-refractivity contribution is 7.97. The second kappa shape index (κ2) is 7.19. The van der Waals surface area contributed by atoms with Gasteiger partial charge >= 0.3 is 0 Å². The van der Waals surface area contributed by atoms with Crippen molar-refractivity contribution in [1.29, 1.82) is 0 Å². The van der Waals surface area contributed by atoms with E-state index in [4.69, 9.17) is 5.73 Å². The van der Waals surface area contributed by atoms with Gasteiger partial charge in [-0.05, 0) is 0 Å². The fourth-order valence-corrected chi connectivity index (χ4v) is 0.968. The molecule has 0 saturated heterocycles. The zero-order chi connectivity index (χ0) is 10.3. The molecule has 0 spiro atoms. The molecule has 0 fully saturated rings. The highest BCUT2D eigenvalue weighted by Gasteiger charge is 2.13. The van der Waals surface area contributed by atoms with Gasteiger partial charge in [0.1, 0.15) is 0 Å². The number of carbonyl (C=O) groups is 2. The summed E-state index contributed by atoms with van der Waals surface area (Å²) in [5.41, 5.74) is 5.23. The van der Waals surface area contributed by atoms with Crippen LogP contribution in [0, 0.1) is 0 Å². The summed E-state index contributed by atoms with van der Waals surface area (Å²) in [5, 5.41) is 4.40. The Morgan fingerprint density at radius 3 is 2.38 bits per heavy atom. The monoisotopic (exact) mass is 223 g/mol. The first kappa shape index (κ1) is 12.8. The van der Waals surface area contributed by atoms with Gasteiger partial charge in [-0.1, -0.05) is 12.6 Å². The van der Waals surface area contributed by atoms with Gasteiger partial charge < -0.3 is 16.4 Å². The zero-order valence-corrected chi connectivity index (χ0v) is 8.78. The second-order valence-electron chi connectivity index (χ2n) is 2.32. The van der Waals surface area contributed by atoms with Crippen molar-refractivity contribution in [1.82, 2.24) is 10.6 Å². The molecule has 1 unspecified atom stereocenters.